The monoisotopic (exact) mass is 242 g/mol. The Kier molecular flexibility index (Phi) is 4.71. The van der Waals surface area contributed by atoms with E-state index in [1.807, 2.05) is 6.92 Å². The van der Waals surface area contributed by atoms with Gasteiger partial charge < -0.3 is 11.1 Å². The molecule has 1 aliphatic rings. The highest BCUT2D eigenvalue weighted by atomic mass is 32.1. The van der Waals surface area contributed by atoms with Crippen molar-refractivity contribution in [1.29, 1.82) is 0 Å². The molecule has 1 rings (SSSR count). The first-order valence-electron chi connectivity index (χ1n) is 6.14. The molecule has 4 heteroatoms. The minimum absolute atomic E-state index is 0.0369. The lowest BCUT2D eigenvalue weighted by Crippen LogP contribution is -2.54. The third kappa shape index (κ3) is 2.73. The Morgan fingerprint density at radius 3 is 2.56 bits per heavy atom. The quantitative estimate of drug-likeness (QED) is 0.702. The first-order chi connectivity index (χ1) is 7.53. The number of hydrogen-bond acceptors (Lipinski definition) is 2. The minimum Gasteiger partial charge on any atom is -0.392 e. The molecule has 3 N–H and O–H groups in total. The molecule has 1 fully saturated rings. The van der Waals surface area contributed by atoms with Gasteiger partial charge in [-0.05, 0) is 26.2 Å². The maximum atomic E-state index is 12.1. The predicted molar refractivity (Wildman–Crippen MR) is 70.2 cm³/mol. The van der Waals surface area contributed by atoms with E-state index in [1.165, 1.54) is 0 Å². The maximum Gasteiger partial charge on any atom is 0.233 e. The van der Waals surface area contributed by atoms with Gasteiger partial charge in [-0.25, -0.2) is 0 Å². The zero-order valence-corrected chi connectivity index (χ0v) is 11.0. The van der Waals surface area contributed by atoms with E-state index in [2.05, 4.69) is 12.2 Å². The average Bonchev–Trinajstić information content (AvgIpc) is 2.11. The zero-order valence-electron chi connectivity index (χ0n) is 10.2. The largest absolute Gasteiger partial charge is 0.392 e. The number of nitrogens with one attached hydrogen (secondary N) is 1. The van der Waals surface area contributed by atoms with Crippen molar-refractivity contribution in [2.45, 2.75) is 58.4 Å². The van der Waals surface area contributed by atoms with Crippen LogP contribution >= 0.6 is 12.2 Å². The summed E-state index contributed by atoms with van der Waals surface area (Å²) in [6, 6.07) is 0.222. The van der Waals surface area contributed by atoms with E-state index in [9.17, 15) is 4.79 Å². The number of amides is 1. The number of rotatable bonds is 6. The van der Waals surface area contributed by atoms with Crippen LogP contribution in [0.2, 0.25) is 0 Å². The van der Waals surface area contributed by atoms with Gasteiger partial charge in [0.25, 0.3) is 0 Å². The molecule has 0 aromatic carbocycles. The molecule has 0 heterocycles. The van der Waals surface area contributed by atoms with Gasteiger partial charge in [-0.2, -0.15) is 0 Å². The highest BCUT2D eigenvalue weighted by Crippen LogP contribution is 2.41. The van der Waals surface area contributed by atoms with Crippen LogP contribution in [0.1, 0.15) is 52.4 Å². The van der Waals surface area contributed by atoms with Gasteiger partial charge in [-0.15, -0.1) is 0 Å². The lowest BCUT2D eigenvalue weighted by atomic mass is 9.68. The molecule has 0 spiro atoms. The minimum atomic E-state index is -0.532. The molecule has 0 aromatic heterocycles. The fourth-order valence-electron chi connectivity index (χ4n) is 2.06. The second kappa shape index (κ2) is 5.62. The predicted octanol–water partition coefficient (Wildman–Crippen LogP) is 2.14. The Balaban J connectivity index is 2.47. The van der Waals surface area contributed by atoms with Crippen LogP contribution in [0.5, 0.6) is 0 Å². The van der Waals surface area contributed by atoms with E-state index in [4.69, 9.17) is 18.0 Å². The van der Waals surface area contributed by atoms with Gasteiger partial charge in [0.1, 0.15) is 0 Å². The molecule has 0 aromatic rings. The van der Waals surface area contributed by atoms with Gasteiger partial charge in [0.05, 0.1) is 10.4 Å². The molecule has 1 saturated carbocycles. The highest BCUT2D eigenvalue weighted by molar-refractivity contribution is 7.80. The zero-order chi connectivity index (χ0) is 12.2. The normalized spacial score (nSPS) is 19.6. The summed E-state index contributed by atoms with van der Waals surface area (Å²) in [6.45, 7) is 4.19. The van der Waals surface area contributed by atoms with E-state index in [-0.39, 0.29) is 11.9 Å². The molecule has 0 saturated heterocycles. The van der Waals surface area contributed by atoms with Crippen LogP contribution in [0.4, 0.5) is 0 Å². The van der Waals surface area contributed by atoms with Crippen LogP contribution in [0.25, 0.3) is 0 Å². The van der Waals surface area contributed by atoms with Crippen LogP contribution < -0.4 is 11.1 Å². The van der Waals surface area contributed by atoms with Crippen molar-refractivity contribution in [2.24, 2.45) is 11.1 Å². The number of carbonyl (C=O) groups excluding carboxylic acids is 1. The number of hydrogen-bond donors (Lipinski definition) is 2. The molecule has 16 heavy (non-hydrogen) atoms. The molecule has 1 unspecified atom stereocenters. The van der Waals surface area contributed by atoms with Gasteiger partial charge in [0, 0.05) is 6.04 Å². The van der Waals surface area contributed by atoms with Gasteiger partial charge >= 0.3 is 0 Å². The van der Waals surface area contributed by atoms with Gasteiger partial charge in [-0.3, -0.25) is 4.79 Å². The smallest absolute Gasteiger partial charge is 0.233 e. The summed E-state index contributed by atoms with van der Waals surface area (Å²) >= 11 is 5.01. The number of carbonyl (C=O) groups is 1. The van der Waals surface area contributed by atoms with Crippen LogP contribution in [0, 0.1) is 5.41 Å². The standard InChI is InChI=1S/C12H22N2OS/c1-3-4-6-9(2)14-11(15)12(10(13)16)7-5-8-12/h9H,3-8H2,1-2H3,(H2,13,16)(H,14,15). The Bertz CT molecular complexity index is 274. The van der Waals surface area contributed by atoms with Crippen LogP contribution in [0.15, 0.2) is 0 Å². The van der Waals surface area contributed by atoms with Crippen molar-refractivity contribution < 1.29 is 4.79 Å². The summed E-state index contributed by atoms with van der Waals surface area (Å²) in [6.07, 6.45) is 6.00. The lowest BCUT2D eigenvalue weighted by Gasteiger charge is -2.39. The van der Waals surface area contributed by atoms with E-state index in [0.717, 1.165) is 38.5 Å². The third-order valence-corrected chi connectivity index (χ3v) is 3.87. The molecule has 1 atom stereocenters. The molecule has 3 nitrogen and oxygen atoms in total. The topological polar surface area (TPSA) is 55.1 Å². The number of nitrogens with two attached hydrogens (primary N) is 1. The first kappa shape index (κ1) is 13.4. The Hall–Kier alpha value is -0.640. The van der Waals surface area contributed by atoms with E-state index in [1.54, 1.807) is 0 Å². The van der Waals surface area contributed by atoms with Crippen molar-refractivity contribution in [3.63, 3.8) is 0 Å². The second-order valence-electron chi connectivity index (χ2n) is 4.82. The van der Waals surface area contributed by atoms with E-state index in [0.29, 0.717) is 4.99 Å². The number of thiocarbonyl (C=S) groups is 1. The Morgan fingerprint density at radius 1 is 1.56 bits per heavy atom. The van der Waals surface area contributed by atoms with Crippen LogP contribution in [0.3, 0.4) is 0 Å². The summed E-state index contributed by atoms with van der Waals surface area (Å²) in [5.74, 6) is 0.0369. The summed E-state index contributed by atoms with van der Waals surface area (Å²) in [4.78, 5) is 12.4. The first-order valence-corrected chi connectivity index (χ1v) is 6.54. The lowest BCUT2D eigenvalue weighted by molar-refractivity contribution is -0.131. The van der Waals surface area contributed by atoms with Crippen molar-refractivity contribution in [2.75, 3.05) is 0 Å². The van der Waals surface area contributed by atoms with Crippen molar-refractivity contribution >= 4 is 23.1 Å². The summed E-state index contributed by atoms with van der Waals surface area (Å²) in [5, 5.41) is 3.03. The molecule has 0 bridgehead atoms. The Morgan fingerprint density at radius 2 is 2.19 bits per heavy atom. The summed E-state index contributed by atoms with van der Waals surface area (Å²) in [7, 11) is 0. The molecule has 1 aliphatic carbocycles. The summed E-state index contributed by atoms with van der Waals surface area (Å²) in [5.41, 5.74) is 5.15. The van der Waals surface area contributed by atoms with Crippen LogP contribution in [-0.2, 0) is 4.79 Å². The Labute approximate surface area is 103 Å². The molecule has 1 amide bonds. The molecule has 0 radical (unpaired) electrons. The van der Waals surface area contributed by atoms with Gasteiger partial charge in [0.15, 0.2) is 0 Å². The average molecular weight is 242 g/mol. The van der Waals surface area contributed by atoms with Gasteiger partial charge in [-0.1, -0.05) is 38.4 Å². The fourth-order valence-corrected chi connectivity index (χ4v) is 2.36. The molecule has 92 valence electrons. The summed E-state index contributed by atoms with van der Waals surface area (Å²) < 4.78 is 0. The maximum absolute atomic E-state index is 12.1. The number of unbranched alkanes of at least 4 members (excludes halogenated alkanes) is 1. The van der Waals surface area contributed by atoms with Crippen molar-refractivity contribution in [1.82, 2.24) is 5.32 Å². The second-order valence-corrected chi connectivity index (χ2v) is 5.26. The van der Waals surface area contributed by atoms with Crippen molar-refractivity contribution in [3.05, 3.63) is 0 Å². The van der Waals surface area contributed by atoms with E-state index < -0.39 is 5.41 Å². The molecule has 0 aliphatic heterocycles. The fraction of sp³-hybridized carbons (Fsp3) is 0.833. The molecular weight excluding hydrogens is 220 g/mol. The third-order valence-electron chi connectivity index (χ3n) is 3.48. The SMILES string of the molecule is CCCCC(C)NC(=O)C1(C(N)=S)CCC1. The molecular formula is C12H22N2OS. The van der Waals surface area contributed by atoms with Crippen molar-refractivity contribution in [3.8, 4) is 0 Å². The highest BCUT2D eigenvalue weighted by Gasteiger charge is 2.47. The van der Waals surface area contributed by atoms with E-state index >= 15 is 0 Å². The van der Waals surface area contributed by atoms with Gasteiger partial charge in [0.2, 0.25) is 5.91 Å². The van der Waals surface area contributed by atoms with Crippen LogP contribution in [-0.4, -0.2) is 16.9 Å².